The normalized spacial score (nSPS) is 18.5. The molecule has 19 heavy (non-hydrogen) atoms. The van der Waals surface area contributed by atoms with Crippen LogP contribution in [0.5, 0.6) is 0 Å². The summed E-state index contributed by atoms with van der Waals surface area (Å²) in [5, 5.41) is 0. The fraction of sp³-hybridized carbons (Fsp3) is 0.533. The molecule has 1 aromatic rings. The minimum atomic E-state index is -0.294. The van der Waals surface area contributed by atoms with E-state index in [-0.39, 0.29) is 5.97 Å². The van der Waals surface area contributed by atoms with Gasteiger partial charge in [0.15, 0.2) is 0 Å². The van der Waals surface area contributed by atoms with Crippen molar-refractivity contribution in [1.82, 2.24) is 0 Å². The van der Waals surface area contributed by atoms with Gasteiger partial charge in [0, 0.05) is 12.3 Å². The number of nitrogen functional groups attached to an aromatic ring is 1. The van der Waals surface area contributed by atoms with E-state index < -0.39 is 0 Å². The average molecular weight is 263 g/mol. The van der Waals surface area contributed by atoms with Crippen molar-refractivity contribution in [2.75, 3.05) is 18.9 Å². The van der Waals surface area contributed by atoms with Gasteiger partial charge in [-0.15, -0.1) is 0 Å². The predicted molar refractivity (Wildman–Crippen MR) is 74.1 cm³/mol. The number of ether oxygens (including phenoxy) is 2. The Morgan fingerprint density at radius 3 is 3.11 bits per heavy atom. The first kappa shape index (κ1) is 13.9. The smallest absolute Gasteiger partial charge is 0.338 e. The molecule has 1 heterocycles. The van der Waals surface area contributed by atoms with Crippen molar-refractivity contribution < 1.29 is 14.3 Å². The quantitative estimate of drug-likeness (QED) is 0.504. The highest BCUT2D eigenvalue weighted by molar-refractivity contribution is 5.92. The largest absolute Gasteiger partial charge is 0.462 e. The third-order valence-electron chi connectivity index (χ3n) is 3.52. The molecule has 4 nitrogen and oxygen atoms in total. The second-order valence-electron chi connectivity index (χ2n) is 4.93. The van der Waals surface area contributed by atoms with Crippen molar-refractivity contribution in [1.29, 1.82) is 0 Å². The zero-order valence-corrected chi connectivity index (χ0v) is 11.4. The third kappa shape index (κ3) is 3.70. The summed E-state index contributed by atoms with van der Waals surface area (Å²) in [4.78, 5) is 11.9. The molecule has 2 rings (SSSR count). The van der Waals surface area contributed by atoms with Gasteiger partial charge < -0.3 is 15.2 Å². The molecule has 0 bridgehead atoms. The number of nitrogens with two attached hydrogens (primary N) is 1. The van der Waals surface area contributed by atoms with Gasteiger partial charge in [0.25, 0.3) is 0 Å². The maximum absolute atomic E-state index is 11.9. The molecule has 0 spiro atoms. The molecular weight excluding hydrogens is 242 g/mol. The Hall–Kier alpha value is -1.55. The van der Waals surface area contributed by atoms with Gasteiger partial charge in [0.1, 0.15) is 0 Å². The zero-order chi connectivity index (χ0) is 13.7. The van der Waals surface area contributed by atoms with Gasteiger partial charge in [-0.25, -0.2) is 4.79 Å². The van der Waals surface area contributed by atoms with Crippen molar-refractivity contribution in [3.8, 4) is 0 Å². The van der Waals surface area contributed by atoms with E-state index in [4.69, 9.17) is 15.2 Å². The second-order valence-corrected chi connectivity index (χ2v) is 4.93. The van der Waals surface area contributed by atoms with Gasteiger partial charge in [-0.1, -0.05) is 6.07 Å². The lowest BCUT2D eigenvalue weighted by atomic mass is 10.1. The lowest BCUT2D eigenvalue weighted by Gasteiger charge is -2.10. The number of hydrogen-bond donors (Lipinski definition) is 1. The monoisotopic (exact) mass is 263 g/mol. The Balaban J connectivity index is 1.76. The zero-order valence-electron chi connectivity index (χ0n) is 11.4. The van der Waals surface area contributed by atoms with Crippen LogP contribution < -0.4 is 5.73 Å². The summed E-state index contributed by atoms with van der Waals surface area (Å²) in [6.07, 6.45) is 4.43. The molecule has 0 saturated carbocycles. The Morgan fingerprint density at radius 2 is 2.37 bits per heavy atom. The first-order chi connectivity index (χ1) is 9.18. The van der Waals surface area contributed by atoms with Gasteiger partial charge in [-0.2, -0.15) is 0 Å². The standard InChI is InChI=1S/C15H21NO3/c1-11-13(7-2-8-14(11)16)15(17)19-10-4-6-12-5-3-9-18-12/h2,7-8,12H,3-6,9-10,16H2,1H3. The van der Waals surface area contributed by atoms with E-state index in [1.165, 1.54) is 0 Å². The van der Waals surface area contributed by atoms with Crippen molar-refractivity contribution in [2.45, 2.75) is 38.7 Å². The summed E-state index contributed by atoms with van der Waals surface area (Å²) in [5.41, 5.74) is 7.73. The molecule has 1 aliphatic heterocycles. The van der Waals surface area contributed by atoms with E-state index in [9.17, 15) is 4.79 Å². The van der Waals surface area contributed by atoms with Crippen LogP contribution in [-0.4, -0.2) is 25.3 Å². The molecule has 104 valence electrons. The summed E-state index contributed by atoms with van der Waals surface area (Å²) in [6, 6.07) is 5.29. The summed E-state index contributed by atoms with van der Waals surface area (Å²) in [6.45, 7) is 3.14. The van der Waals surface area contributed by atoms with E-state index in [0.29, 0.717) is 24.0 Å². The number of anilines is 1. The summed E-state index contributed by atoms with van der Waals surface area (Å²) in [5.74, 6) is -0.294. The van der Waals surface area contributed by atoms with E-state index in [1.807, 2.05) is 6.92 Å². The fourth-order valence-corrected chi connectivity index (χ4v) is 2.30. The Bertz CT molecular complexity index is 439. The lowest BCUT2D eigenvalue weighted by molar-refractivity contribution is 0.0460. The van der Waals surface area contributed by atoms with Crippen molar-refractivity contribution in [3.05, 3.63) is 29.3 Å². The minimum absolute atomic E-state index is 0.294. The molecule has 2 N–H and O–H groups in total. The van der Waals surface area contributed by atoms with Crippen LogP contribution >= 0.6 is 0 Å². The van der Waals surface area contributed by atoms with Crippen LogP contribution in [0.15, 0.2) is 18.2 Å². The number of benzene rings is 1. The highest BCUT2D eigenvalue weighted by Gasteiger charge is 2.16. The van der Waals surface area contributed by atoms with Crippen LogP contribution in [0, 0.1) is 6.92 Å². The number of hydrogen-bond acceptors (Lipinski definition) is 4. The topological polar surface area (TPSA) is 61.6 Å². The van der Waals surface area contributed by atoms with Crippen molar-refractivity contribution in [2.24, 2.45) is 0 Å². The third-order valence-corrected chi connectivity index (χ3v) is 3.52. The summed E-state index contributed by atoms with van der Waals surface area (Å²) in [7, 11) is 0. The van der Waals surface area contributed by atoms with Gasteiger partial charge >= 0.3 is 5.97 Å². The van der Waals surface area contributed by atoms with Crippen molar-refractivity contribution in [3.63, 3.8) is 0 Å². The van der Waals surface area contributed by atoms with E-state index in [0.717, 1.165) is 37.9 Å². The van der Waals surface area contributed by atoms with Gasteiger partial charge in [0.2, 0.25) is 0 Å². The summed E-state index contributed by atoms with van der Waals surface area (Å²) >= 11 is 0. The maximum atomic E-state index is 11.9. The van der Waals surface area contributed by atoms with Crippen LogP contribution in [0.2, 0.25) is 0 Å². The van der Waals surface area contributed by atoms with Crippen LogP contribution in [-0.2, 0) is 9.47 Å². The predicted octanol–water partition coefficient (Wildman–Crippen LogP) is 2.69. The van der Waals surface area contributed by atoms with Crippen molar-refractivity contribution >= 4 is 11.7 Å². The highest BCUT2D eigenvalue weighted by Crippen LogP contribution is 2.18. The van der Waals surface area contributed by atoms with Gasteiger partial charge in [0.05, 0.1) is 18.3 Å². The summed E-state index contributed by atoms with van der Waals surface area (Å²) < 4.78 is 10.8. The molecule has 0 aromatic heterocycles. The van der Waals surface area contributed by atoms with Crippen LogP contribution in [0.1, 0.15) is 41.6 Å². The molecule has 1 saturated heterocycles. The van der Waals surface area contributed by atoms with Gasteiger partial charge in [-0.3, -0.25) is 0 Å². The molecule has 1 aromatic carbocycles. The molecule has 4 heteroatoms. The fourth-order valence-electron chi connectivity index (χ4n) is 2.30. The number of rotatable bonds is 5. The highest BCUT2D eigenvalue weighted by atomic mass is 16.5. The van der Waals surface area contributed by atoms with Gasteiger partial charge in [-0.05, 0) is 50.3 Å². The molecular formula is C15H21NO3. The first-order valence-corrected chi connectivity index (χ1v) is 6.82. The SMILES string of the molecule is Cc1c(N)cccc1C(=O)OCCCC1CCCO1. The minimum Gasteiger partial charge on any atom is -0.462 e. The van der Waals surface area contributed by atoms with E-state index >= 15 is 0 Å². The molecule has 1 unspecified atom stereocenters. The average Bonchev–Trinajstić information content (AvgIpc) is 2.91. The maximum Gasteiger partial charge on any atom is 0.338 e. The number of esters is 1. The van der Waals surface area contributed by atoms with E-state index in [2.05, 4.69) is 0 Å². The Morgan fingerprint density at radius 1 is 1.53 bits per heavy atom. The molecule has 0 amide bonds. The molecule has 1 fully saturated rings. The first-order valence-electron chi connectivity index (χ1n) is 6.82. The molecule has 0 radical (unpaired) electrons. The second kappa shape index (κ2) is 6.57. The van der Waals surface area contributed by atoms with Crippen LogP contribution in [0.25, 0.3) is 0 Å². The molecule has 0 aliphatic carbocycles. The van der Waals surface area contributed by atoms with Crippen LogP contribution in [0.3, 0.4) is 0 Å². The molecule has 1 atom stereocenters. The van der Waals surface area contributed by atoms with E-state index in [1.54, 1.807) is 18.2 Å². The Labute approximate surface area is 113 Å². The molecule has 1 aliphatic rings. The lowest BCUT2D eigenvalue weighted by Crippen LogP contribution is -2.11. The number of carbonyl (C=O) groups excluding carboxylic acids is 1. The van der Waals surface area contributed by atoms with Crippen LogP contribution in [0.4, 0.5) is 5.69 Å². The number of carbonyl (C=O) groups is 1. The Kier molecular flexibility index (Phi) is 4.80.